The van der Waals surface area contributed by atoms with Crippen LogP contribution in [0.15, 0.2) is 12.7 Å². The lowest BCUT2D eigenvalue weighted by Gasteiger charge is -2.05. The van der Waals surface area contributed by atoms with Gasteiger partial charge in [0.15, 0.2) is 0 Å². The minimum absolute atomic E-state index is 0.205. The van der Waals surface area contributed by atoms with Crippen LogP contribution in [0.25, 0.3) is 0 Å². The van der Waals surface area contributed by atoms with Crippen LogP contribution in [-0.2, 0) is 9.47 Å². The third-order valence-corrected chi connectivity index (χ3v) is 0.854. The van der Waals surface area contributed by atoms with Crippen LogP contribution < -0.4 is 0 Å². The van der Waals surface area contributed by atoms with Crippen LogP contribution in [0, 0.1) is 5.92 Å². The van der Waals surface area contributed by atoms with Crippen LogP contribution in [0.4, 0.5) is 4.79 Å². The fourth-order valence-corrected chi connectivity index (χ4v) is 0.403. The molecule has 0 N–H and O–H groups in total. The van der Waals surface area contributed by atoms with E-state index in [1.165, 1.54) is 6.08 Å². The molecule has 0 radical (unpaired) electrons. The summed E-state index contributed by atoms with van der Waals surface area (Å²) in [4.78, 5) is 10.6. The highest BCUT2D eigenvalue weighted by Gasteiger charge is 2.02. The van der Waals surface area contributed by atoms with Crippen molar-refractivity contribution in [1.82, 2.24) is 0 Å². The molecule has 0 aromatic carbocycles. The first kappa shape index (κ1) is 10.0. The van der Waals surface area contributed by atoms with Crippen molar-refractivity contribution < 1.29 is 14.3 Å². The molecule has 0 unspecified atom stereocenters. The summed E-state index contributed by atoms with van der Waals surface area (Å²) in [6.45, 7) is 7.92. The van der Waals surface area contributed by atoms with E-state index in [0.717, 1.165) is 0 Å². The maximum atomic E-state index is 10.6. The van der Waals surface area contributed by atoms with Crippen molar-refractivity contribution in [2.24, 2.45) is 5.92 Å². The molecule has 0 aliphatic carbocycles. The third-order valence-electron chi connectivity index (χ3n) is 0.854. The maximum absolute atomic E-state index is 10.6. The molecule has 0 aromatic heterocycles. The Labute approximate surface area is 67.0 Å². The Balaban J connectivity index is 3.29. The Morgan fingerprint density at radius 2 is 2.18 bits per heavy atom. The number of carbonyl (C=O) groups excluding carboxylic acids is 1. The summed E-state index contributed by atoms with van der Waals surface area (Å²) in [5.74, 6) is 0.339. The molecule has 3 heteroatoms. The van der Waals surface area contributed by atoms with Gasteiger partial charge in [-0.1, -0.05) is 26.5 Å². The molecule has 0 aromatic rings. The third kappa shape index (κ3) is 6.90. The minimum Gasteiger partial charge on any atom is -0.434 e. The molecule has 0 heterocycles. The van der Waals surface area contributed by atoms with Crippen molar-refractivity contribution in [2.75, 3.05) is 13.2 Å². The van der Waals surface area contributed by atoms with Gasteiger partial charge in [-0.2, -0.15) is 0 Å². The van der Waals surface area contributed by atoms with Gasteiger partial charge < -0.3 is 9.47 Å². The molecule has 64 valence electrons. The number of carbonyl (C=O) groups is 1. The Morgan fingerprint density at radius 3 is 2.64 bits per heavy atom. The van der Waals surface area contributed by atoms with Crippen LogP contribution in [0.5, 0.6) is 0 Å². The monoisotopic (exact) mass is 158 g/mol. The summed E-state index contributed by atoms with van der Waals surface area (Å²) in [7, 11) is 0. The molecule has 0 fully saturated rings. The van der Waals surface area contributed by atoms with Crippen LogP contribution in [0.1, 0.15) is 13.8 Å². The van der Waals surface area contributed by atoms with Gasteiger partial charge in [0.2, 0.25) is 0 Å². The summed E-state index contributed by atoms with van der Waals surface area (Å²) in [5.41, 5.74) is 0. The lowest BCUT2D eigenvalue weighted by atomic mass is 10.2. The smallest absolute Gasteiger partial charge is 0.434 e. The minimum atomic E-state index is -0.626. The first-order valence-corrected chi connectivity index (χ1v) is 3.57. The van der Waals surface area contributed by atoms with E-state index in [1.807, 2.05) is 13.8 Å². The van der Waals surface area contributed by atoms with E-state index in [2.05, 4.69) is 11.3 Å². The lowest BCUT2D eigenvalue weighted by molar-refractivity contribution is 0.0550. The van der Waals surface area contributed by atoms with E-state index in [1.54, 1.807) is 0 Å². The Kier molecular flexibility index (Phi) is 5.25. The average molecular weight is 158 g/mol. The number of ether oxygens (including phenoxy) is 2. The molecule has 0 bridgehead atoms. The van der Waals surface area contributed by atoms with Gasteiger partial charge in [-0.05, 0) is 5.92 Å². The highest BCUT2D eigenvalue weighted by atomic mass is 16.7. The second kappa shape index (κ2) is 5.77. The van der Waals surface area contributed by atoms with E-state index < -0.39 is 6.16 Å². The Hall–Kier alpha value is -0.990. The van der Waals surface area contributed by atoms with E-state index in [-0.39, 0.29) is 6.61 Å². The zero-order valence-corrected chi connectivity index (χ0v) is 7.00. The first-order valence-electron chi connectivity index (χ1n) is 3.57. The molecule has 3 nitrogen and oxygen atoms in total. The van der Waals surface area contributed by atoms with Crippen molar-refractivity contribution in [3.8, 4) is 0 Å². The molecule has 11 heavy (non-hydrogen) atoms. The van der Waals surface area contributed by atoms with Crippen molar-refractivity contribution in [1.29, 1.82) is 0 Å². The van der Waals surface area contributed by atoms with Crippen LogP contribution >= 0.6 is 0 Å². The van der Waals surface area contributed by atoms with Gasteiger partial charge in [0, 0.05) is 0 Å². The molecule has 0 amide bonds. The molecule has 0 aliphatic rings. The van der Waals surface area contributed by atoms with Crippen LogP contribution in [-0.4, -0.2) is 19.4 Å². The molecule has 0 aliphatic heterocycles. The molecule has 0 saturated carbocycles. The van der Waals surface area contributed by atoms with Crippen LogP contribution in [0.2, 0.25) is 0 Å². The predicted octanol–water partition coefficient (Wildman–Crippen LogP) is 1.98. The molecule has 0 atom stereocenters. The van der Waals surface area contributed by atoms with E-state index >= 15 is 0 Å². The Bertz CT molecular complexity index is 129. The molecular weight excluding hydrogens is 144 g/mol. The normalized spacial score (nSPS) is 9.36. The molecule has 0 saturated heterocycles. The Morgan fingerprint density at radius 1 is 1.55 bits per heavy atom. The van der Waals surface area contributed by atoms with Gasteiger partial charge in [-0.25, -0.2) is 4.79 Å². The summed E-state index contributed by atoms with van der Waals surface area (Å²) in [6.07, 6.45) is 0.870. The second-order valence-corrected chi connectivity index (χ2v) is 2.55. The number of hydrogen-bond acceptors (Lipinski definition) is 3. The molecule has 0 spiro atoms. The van der Waals surface area contributed by atoms with E-state index in [0.29, 0.717) is 12.5 Å². The number of hydrogen-bond donors (Lipinski definition) is 0. The maximum Gasteiger partial charge on any atom is 0.508 e. The second-order valence-electron chi connectivity index (χ2n) is 2.55. The fraction of sp³-hybridized carbons (Fsp3) is 0.625. The zero-order valence-electron chi connectivity index (χ0n) is 7.00. The van der Waals surface area contributed by atoms with Crippen molar-refractivity contribution in [3.05, 3.63) is 12.7 Å². The first-order chi connectivity index (χ1) is 5.16. The van der Waals surface area contributed by atoms with E-state index in [9.17, 15) is 4.79 Å². The quantitative estimate of drug-likeness (QED) is 0.463. The van der Waals surface area contributed by atoms with Gasteiger partial charge in [-0.15, -0.1) is 0 Å². The molecular formula is C8H14O3. The zero-order chi connectivity index (χ0) is 8.69. The van der Waals surface area contributed by atoms with Crippen molar-refractivity contribution in [2.45, 2.75) is 13.8 Å². The largest absolute Gasteiger partial charge is 0.508 e. The van der Waals surface area contributed by atoms with Crippen molar-refractivity contribution >= 4 is 6.16 Å². The van der Waals surface area contributed by atoms with Gasteiger partial charge in [0.1, 0.15) is 6.61 Å². The topological polar surface area (TPSA) is 35.5 Å². The standard InChI is InChI=1S/C8H14O3/c1-4-5-10-8(9)11-6-7(2)3/h4,7H,1,5-6H2,2-3H3. The van der Waals surface area contributed by atoms with Gasteiger partial charge in [0.25, 0.3) is 0 Å². The van der Waals surface area contributed by atoms with Gasteiger partial charge in [-0.3, -0.25) is 0 Å². The summed E-state index contributed by atoms with van der Waals surface area (Å²) in [6, 6.07) is 0. The lowest BCUT2D eigenvalue weighted by Crippen LogP contribution is -2.11. The summed E-state index contributed by atoms with van der Waals surface area (Å²) in [5, 5.41) is 0. The highest BCUT2D eigenvalue weighted by Crippen LogP contribution is 1.94. The highest BCUT2D eigenvalue weighted by molar-refractivity contribution is 5.59. The predicted molar refractivity (Wildman–Crippen MR) is 42.3 cm³/mol. The molecule has 0 rings (SSSR count). The van der Waals surface area contributed by atoms with Crippen molar-refractivity contribution in [3.63, 3.8) is 0 Å². The summed E-state index contributed by atoms with van der Waals surface area (Å²) < 4.78 is 9.26. The van der Waals surface area contributed by atoms with Gasteiger partial charge >= 0.3 is 6.16 Å². The average Bonchev–Trinajstić information content (AvgIpc) is 1.97. The van der Waals surface area contributed by atoms with Crippen LogP contribution in [0.3, 0.4) is 0 Å². The fourth-order valence-electron chi connectivity index (χ4n) is 0.403. The number of rotatable bonds is 4. The van der Waals surface area contributed by atoms with Gasteiger partial charge in [0.05, 0.1) is 6.61 Å². The summed E-state index contributed by atoms with van der Waals surface area (Å²) >= 11 is 0. The SMILES string of the molecule is C=CCOC(=O)OCC(C)C. The van der Waals surface area contributed by atoms with E-state index in [4.69, 9.17) is 4.74 Å².